The van der Waals surface area contributed by atoms with Crippen molar-refractivity contribution < 1.29 is 13.9 Å². The molecule has 2 aromatic heterocycles. The zero-order chi connectivity index (χ0) is 19.3. The molecule has 0 spiro atoms. The van der Waals surface area contributed by atoms with Crippen molar-refractivity contribution >= 4 is 16.9 Å². The number of aryl methyl sites for hydroxylation is 1. The molecule has 6 nitrogen and oxygen atoms in total. The number of ether oxygens (including phenoxy) is 1. The van der Waals surface area contributed by atoms with Gasteiger partial charge in [-0.05, 0) is 31.2 Å². The van der Waals surface area contributed by atoms with Gasteiger partial charge in [-0.15, -0.1) is 10.2 Å². The number of nitrogens with zero attached hydrogens (tertiary/aromatic N) is 3. The van der Waals surface area contributed by atoms with Crippen LogP contribution in [0.1, 0.15) is 31.0 Å². The van der Waals surface area contributed by atoms with Crippen LogP contribution in [0.25, 0.3) is 22.4 Å². The smallest absolute Gasteiger partial charge is 0.306 e. The molecule has 0 aliphatic heterocycles. The van der Waals surface area contributed by atoms with Gasteiger partial charge in [0.05, 0.1) is 11.9 Å². The number of carbonyl (C=O) groups excluding carboxylic acids is 1. The van der Waals surface area contributed by atoms with Gasteiger partial charge in [-0.1, -0.05) is 42.5 Å². The standard InChI is InChI=1S/C22H19N3O3/c1-15(21-24-25-22(28-21)17-8-3-2-4-9-17)27-20(26)14-13-18-12-11-16-7-5-6-10-19(16)23-18/h2-12,15H,13-14H2,1H3. The molecule has 28 heavy (non-hydrogen) atoms. The van der Waals surface area contributed by atoms with Crippen molar-refractivity contribution in [3.63, 3.8) is 0 Å². The summed E-state index contributed by atoms with van der Waals surface area (Å²) in [6.45, 7) is 1.72. The van der Waals surface area contributed by atoms with Crippen LogP contribution in [0.15, 0.2) is 71.1 Å². The summed E-state index contributed by atoms with van der Waals surface area (Å²) in [5, 5.41) is 9.09. The number of hydrogen-bond acceptors (Lipinski definition) is 6. The van der Waals surface area contributed by atoms with E-state index in [1.54, 1.807) is 6.92 Å². The Morgan fingerprint density at radius 1 is 1.00 bits per heavy atom. The maximum Gasteiger partial charge on any atom is 0.306 e. The van der Waals surface area contributed by atoms with Gasteiger partial charge in [0.1, 0.15) is 0 Å². The lowest BCUT2D eigenvalue weighted by Gasteiger charge is -2.09. The second-order valence-electron chi connectivity index (χ2n) is 6.44. The second kappa shape index (κ2) is 8.00. The van der Waals surface area contributed by atoms with Gasteiger partial charge in [0.2, 0.25) is 5.89 Å². The number of fused-ring (bicyclic) bond motifs is 1. The third-order valence-electron chi connectivity index (χ3n) is 4.36. The number of rotatable bonds is 6. The molecule has 0 aliphatic carbocycles. The lowest BCUT2D eigenvalue weighted by Crippen LogP contribution is -2.10. The first-order valence-electron chi connectivity index (χ1n) is 9.12. The fourth-order valence-corrected chi connectivity index (χ4v) is 2.88. The molecule has 2 aromatic carbocycles. The minimum Gasteiger partial charge on any atom is -0.453 e. The highest BCUT2D eigenvalue weighted by atomic mass is 16.6. The van der Waals surface area contributed by atoms with Crippen LogP contribution in [0.5, 0.6) is 0 Å². The molecule has 4 rings (SSSR count). The molecule has 0 saturated heterocycles. The van der Waals surface area contributed by atoms with E-state index in [0.717, 1.165) is 22.2 Å². The van der Waals surface area contributed by atoms with Crippen LogP contribution < -0.4 is 0 Å². The summed E-state index contributed by atoms with van der Waals surface area (Å²) in [4.78, 5) is 16.8. The van der Waals surface area contributed by atoms with Crippen molar-refractivity contribution in [1.29, 1.82) is 0 Å². The lowest BCUT2D eigenvalue weighted by atomic mass is 10.1. The first-order valence-corrected chi connectivity index (χ1v) is 9.12. The zero-order valence-electron chi connectivity index (χ0n) is 15.4. The van der Waals surface area contributed by atoms with Gasteiger partial charge in [-0.25, -0.2) is 0 Å². The predicted octanol–water partition coefficient (Wildman–Crippen LogP) is 4.52. The van der Waals surface area contributed by atoms with E-state index in [1.165, 1.54) is 0 Å². The van der Waals surface area contributed by atoms with Gasteiger partial charge in [-0.2, -0.15) is 0 Å². The van der Waals surface area contributed by atoms with Gasteiger partial charge in [0.25, 0.3) is 5.89 Å². The normalized spacial score (nSPS) is 12.0. The van der Waals surface area contributed by atoms with E-state index >= 15 is 0 Å². The van der Waals surface area contributed by atoms with Crippen LogP contribution in [0.4, 0.5) is 0 Å². The average molecular weight is 373 g/mol. The second-order valence-corrected chi connectivity index (χ2v) is 6.44. The molecule has 140 valence electrons. The lowest BCUT2D eigenvalue weighted by molar-refractivity contribution is -0.149. The summed E-state index contributed by atoms with van der Waals surface area (Å²) in [5.74, 6) is 0.344. The van der Waals surface area contributed by atoms with Gasteiger partial charge >= 0.3 is 5.97 Å². The number of carbonyl (C=O) groups is 1. The number of esters is 1. The molecule has 0 fully saturated rings. The Morgan fingerprint density at radius 2 is 1.79 bits per heavy atom. The Labute approximate surface area is 162 Å². The summed E-state index contributed by atoms with van der Waals surface area (Å²) >= 11 is 0. The third kappa shape index (κ3) is 4.06. The third-order valence-corrected chi connectivity index (χ3v) is 4.36. The van der Waals surface area contributed by atoms with Crippen molar-refractivity contribution in [2.24, 2.45) is 0 Å². The first kappa shape index (κ1) is 17.9. The Morgan fingerprint density at radius 3 is 2.64 bits per heavy atom. The topological polar surface area (TPSA) is 78.1 Å². The monoisotopic (exact) mass is 373 g/mol. The fourth-order valence-electron chi connectivity index (χ4n) is 2.88. The summed E-state index contributed by atoms with van der Waals surface area (Å²) in [7, 11) is 0. The molecule has 1 unspecified atom stereocenters. The number of pyridine rings is 1. The number of hydrogen-bond donors (Lipinski definition) is 0. The molecule has 2 heterocycles. The quantitative estimate of drug-likeness (QED) is 0.462. The Hall–Kier alpha value is -3.54. The molecule has 0 saturated carbocycles. The number of para-hydroxylation sites is 1. The van der Waals surface area contributed by atoms with Crippen LogP contribution in [0, 0.1) is 0 Å². The Bertz CT molecular complexity index is 1090. The van der Waals surface area contributed by atoms with E-state index in [-0.39, 0.29) is 18.3 Å². The van der Waals surface area contributed by atoms with Crippen molar-refractivity contribution in [2.75, 3.05) is 0 Å². The van der Waals surface area contributed by atoms with Gasteiger partial charge in [0, 0.05) is 23.1 Å². The zero-order valence-corrected chi connectivity index (χ0v) is 15.4. The highest BCUT2D eigenvalue weighted by Gasteiger charge is 2.19. The van der Waals surface area contributed by atoms with E-state index in [1.807, 2.05) is 66.7 Å². The molecule has 4 aromatic rings. The maximum absolute atomic E-state index is 12.2. The van der Waals surface area contributed by atoms with Crippen molar-refractivity contribution in [3.05, 3.63) is 78.3 Å². The largest absolute Gasteiger partial charge is 0.453 e. The molecule has 1 atom stereocenters. The van der Waals surface area contributed by atoms with Crippen molar-refractivity contribution in [3.8, 4) is 11.5 Å². The van der Waals surface area contributed by atoms with Crippen LogP contribution >= 0.6 is 0 Å². The van der Waals surface area contributed by atoms with E-state index in [2.05, 4.69) is 15.2 Å². The summed E-state index contributed by atoms with van der Waals surface area (Å²) in [6.07, 6.45) is 0.132. The molecular formula is C22H19N3O3. The van der Waals surface area contributed by atoms with Crippen LogP contribution in [-0.2, 0) is 16.0 Å². The molecule has 0 aliphatic rings. The van der Waals surface area contributed by atoms with Crippen LogP contribution in [0.3, 0.4) is 0 Å². The van der Waals surface area contributed by atoms with E-state index < -0.39 is 6.10 Å². The van der Waals surface area contributed by atoms with Crippen molar-refractivity contribution in [2.45, 2.75) is 25.9 Å². The summed E-state index contributed by atoms with van der Waals surface area (Å²) in [5.41, 5.74) is 2.59. The van der Waals surface area contributed by atoms with E-state index in [0.29, 0.717) is 12.3 Å². The van der Waals surface area contributed by atoms with Crippen LogP contribution in [-0.4, -0.2) is 21.2 Å². The van der Waals surface area contributed by atoms with Gasteiger partial charge < -0.3 is 9.15 Å². The van der Waals surface area contributed by atoms with E-state index in [9.17, 15) is 4.79 Å². The molecule has 6 heteroatoms. The fraction of sp³-hybridized carbons (Fsp3) is 0.182. The Balaban J connectivity index is 1.35. The molecular weight excluding hydrogens is 354 g/mol. The average Bonchev–Trinajstić information content (AvgIpc) is 3.23. The summed E-state index contributed by atoms with van der Waals surface area (Å²) < 4.78 is 11.1. The van der Waals surface area contributed by atoms with Gasteiger partial charge in [-0.3, -0.25) is 9.78 Å². The SMILES string of the molecule is CC(OC(=O)CCc1ccc2ccccc2n1)c1nnc(-c2ccccc2)o1. The highest BCUT2D eigenvalue weighted by Crippen LogP contribution is 2.22. The first-order chi connectivity index (χ1) is 13.7. The minimum absolute atomic E-state index is 0.232. The summed E-state index contributed by atoms with van der Waals surface area (Å²) in [6, 6.07) is 21.3. The Kier molecular flexibility index (Phi) is 5.10. The maximum atomic E-state index is 12.2. The highest BCUT2D eigenvalue weighted by molar-refractivity contribution is 5.78. The van der Waals surface area contributed by atoms with Crippen molar-refractivity contribution in [1.82, 2.24) is 15.2 Å². The number of aromatic nitrogens is 3. The predicted molar refractivity (Wildman–Crippen MR) is 104 cm³/mol. The molecule has 0 N–H and O–H groups in total. The van der Waals surface area contributed by atoms with Crippen LogP contribution in [0.2, 0.25) is 0 Å². The molecule has 0 amide bonds. The molecule has 0 radical (unpaired) electrons. The molecule has 0 bridgehead atoms. The minimum atomic E-state index is -0.609. The van der Waals surface area contributed by atoms with E-state index in [4.69, 9.17) is 9.15 Å². The number of benzene rings is 2. The van der Waals surface area contributed by atoms with Gasteiger partial charge in [0.15, 0.2) is 6.10 Å².